The average molecular weight is 249 g/mol. The standard InChI is InChI=1S/C12H15N3O3/c1-14-6-12(17)15(7-11(14)16)8-3-4-9(13)10(5-8)18-2/h3-5H,6-7,13H2,1-2H3. The molecule has 1 fully saturated rings. The summed E-state index contributed by atoms with van der Waals surface area (Å²) in [7, 11) is 3.12. The zero-order valence-electron chi connectivity index (χ0n) is 10.3. The number of nitrogen functional groups attached to an aromatic ring is 1. The molecule has 0 unspecified atom stereocenters. The van der Waals surface area contributed by atoms with Crippen LogP contribution in [0.3, 0.4) is 0 Å². The van der Waals surface area contributed by atoms with Crippen LogP contribution in [0, 0.1) is 0 Å². The number of likely N-dealkylation sites (N-methyl/N-ethyl adjacent to an activating group) is 1. The highest BCUT2D eigenvalue weighted by Gasteiger charge is 2.28. The molecule has 1 aliphatic rings. The van der Waals surface area contributed by atoms with Crippen molar-refractivity contribution in [3.05, 3.63) is 18.2 Å². The van der Waals surface area contributed by atoms with Crippen LogP contribution < -0.4 is 15.4 Å². The number of ether oxygens (including phenoxy) is 1. The number of rotatable bonds is 2. The van der Waals surface area contributed by atoms with Gasteiger partial charge in [0.15, 0.2) is 0 Å². The fourth-order valence-electron chi connectivity index (χ4n) is 1.82. The highest BCUT2D eigenvalue weighted by atomic mass is 16.5. The number of anilines is 2. The number of nitrogens with two attached hydrogens (primary N) is 1. The summed E-state index contributed by atoms with van der Waals surface area (Å²) >= 11 is 0. The third-order valence-corrected chi connectivity index (χ3v) is 2.92. The van der Waals surface area contributed by atoms with Gasteiger partial charge in [0, 0.05) is 18.8 Å². The van der Waals surface area contributed by atoms with E-state index in [4.69, 9.17) is 10.5 Å². The number of hydrogen-bond acceptors (Lipinski definition) is 4. The molecule has 2 rings (SSSR count). The Morgan fingerprint density at radius 3 is 2.61 bits per heavy atom. The summed E-state index contributed by atoms with van der Waals surface area (Å²) in [6, 6.07) is 5.02. The molecule has 0 spiro atoms. The fraction of sp³-hybridized carbons (Fsp3) is 0.333. The van der Waals surface area contributed by atoms with Crippen molar-refractivity contribution in [3.8, 4) is 5.75 Å². The fourth-order valence-corrected chi connectivity index (χ4v) is 1.82. The molecule has 2 amide bonds. The molecule has 1 aliphatic heterocycles. The van der Waals surface area contributed by atoms with Gasteiger partial charge in [0.05, 0.1) is 19.3 Å². The minimum absolute atomic E-state index is 0.0441. The summed E-state index contributed by atoms with van der Waals surface area (Å²) in [5.74, 6) is 0.279. The normalized spacial score (nSPS) is 16.1. The van der Waals surface area contributed by atoms with Crippen molar-refractivity contribution in [1.82, 2.24) is 4.90 Å². The van der Waals surface area contributed by atoms with Gasteiger partial charge in [0.1, 0.15) is 12.3 Å². The Morgan fingerprint density at radius 1 is 1.22 bits per heavy atom. The second-order valence-electron chi connectivity index (χ2n) is 4.16. The highest BCUT2D eigenvalue weighted by molar-refractivity contribution is 6.04. The van der Waals surface area contributed by atoms with Crippen LogP contribution in [0.1, 0.15) is 0 Å². The number of carbonyl (C=O) groups excluding carboxylic acids is 2. The van der Waals surface area contributed by atoms with Gasteiger partial charge in [-0.05, 0) is 12.1 Å². The monoisotopic (exact) mass is 249 g/mol. The number of nitrogens with zero attached hydrogens (tertiary/aromatic N) is 2. The summed E-state index contributed by atoms with van der Waals surface area (Å²) < 4.78 is 5.10. The van der Waals surface area contributed by atoms with E-state index in [1.165, 1.54) is 16.9 Å². The van der Waals surface area contributed by atoms with Crippen LogP contribution >= 0.6 is 0 Å². The van der Waals surface area contributed by atoms with Gasteiger partial charge in [0.25, 0.3) is 0 Å². The molecule has 0 saturated carbocycles. The van der Waals surface area contributed by atoms with Gasteiger partial charge in [-0.1, -0.05) is 0 Å². The summed E-state index contributed by atoms with van der Waals surface area (Å²) in [6.45, 7) is 0.133. The summed E-state index contributed by atoms with van der Waals surface area (Å²) in [6.07, 6.45) is 0. The molecule has 1 aromatic rings. The van der Waals surface area contributed by atoms with Gasteiger partial charge < -0.3 is 20.3 Å². The quantitative estimate of drug-likeness (QED) is 0.753. The van der Waals surface area contributed by atoms with Crippen molar-refractivity contribution in [1.29, 1.82) is 0 Å². The lowest BCUT2D eigenvalue weighted by molar-refractivity contribution is -0.136. The smallest absolute Gasteiger partial charge is 0.247 e. The van der Waals surface area contributed by atoms with E-state index in [9.17, 15) is 9.59 Å². The Balaban J connectivity index is 2.31. The van der Waals surface area contributed by atoms with E-state index in [2.05, 4.69) is 0 Å². The SMILES string of the molecule is COc1cc(N2CC(=O)N(C)CC2=O)ccc1N. The maximum Gasteiger partial charge on any atom is 0.247 e. The second kappa shape index (κ2) is 4.56. The summed E-state index contributed by atoms with van der Waals surface area (Å²) in [4.78, 5) is 26.4. The van der Waals surface area contributed by atoms with Crippen molar-refractivity contribution in [2.75, 3.05) is 37.9 Å². The number of methoxy groups -OCH3 is 1. The topological polar surface area (TPSA) is 75.9 Å². The van der Waals surface area contributed by atoms with Crippen LogP contribution in [0.15, 0.2) is 18.2 Å². The van der Waals surface area contributed by atoms with E-state index in [0.29, 0.717) is 17.1 Å². The van der Waals surface area contributed by atoms with Crippen molar-refractivity contribution >= 4 is 23.2 Å². The first kappa shape index (κ1) is 12.2. The minimum Gasteiger partial charge on any atom is -0.495 e. The van der Waals surface area contributed by atoms with E-state index >= 15 is 0 Å². The van der Waals surface area contributed by atoms with Gasteiger partial charge in [-0.3, -0.25) is 9.59 Å². The predicted molar refractivity (Wildman–Crippen MR) is 67.4 cm³/mol. The van der Waals surface area contributed by atoms with Gasteiger partial charge in [-0.25, -0.2) is 0 Å². The second-order valence-corrected chi connectivity index (χ2v) is 4.16. The zero-order chi connectivity index (χ0) is 13.3. The Labute approximate surface area is 105 Å². The lowest BCUT2D eigenvalue weighted by Gasteiger charge is -2.31. The van der Waals surface area contributed by atoms with E-state index in [1.807, 2.05) is 0 Å². The molecule has 0 aliphatic carbocycles. The van der Waals surface area contributed by atoms with Crippen molar-refractivity contribution in [3.63, 3.8) is 0 Å². The molecular formula is C12H15N3O3. The molecule has 18 heavy (non-hydrogen) atoms. The van der Waals surface area contributed by atoms with Crippen LogP contribution in [-0.2, 0) is 9.59 Å². The number of carbonyl (C=O) groups is 2. The van der Waals surface area contributed by atoms with Crippen LogP contribution in [0.25, 0.3) is 0 Å². The predicted octanol–water partition coefficient (Wildman–Crippen LogP) is 0.0824. The number of benzene rings is 1. The summed E-state index contributed by atoms with van der Waals surface area (Å²) in [5, 5.41) is 0. The highest BCUT2D eigenvalue weighted by Crippen LogP contribution is 2.28. The molecule has 2 N–H and O–H groups in total. The molecule has 1 aromatic carbocycles. The molecular weight excluding hydrogens is 234 g/mol. The van der Waals surface area contributed by atoms with Crippen LogP contribution in [0.5, 0.6) is 5.75 Å². The molecule has 6 heteroatoms. The lowest BCUT2D eigenvalue weighted by atomic mass is 10.2. The molecule has 1 saturated heterocycles. The first-order valence-electron chi connectivity index (χ1n) is 5.50. The first-order valence-corrected chi connectivity index (χ1v) is 5.50. The molecule has 1 heterocycles. The summed E-state index contributed by atoms with van der Waals surface area (Å²) in [5.41, 5.74) is 6.82. The number of amides is 2. The Bertz CT molecular complexity index is 501. The maximum absolute atomic E-state index is 11.9. The first-order chi connectivity index (χ1) is 8.52. The Morgan fingerprint density at radius 2 is 1.94 bits per heavy atom. The van der Waals surface area contributed by atoms with E-state index < -0.39 is 0 Å². The maximum atomic E-state index is 11.9. The molecule has 0 atom stereocenters. The Hall–Kier alpha value is -2.24. The Kier molecular flexibility index (Phi) is 3.10. The third kappa shape index (κ3) is 2.09. The zero-order valence-corrected chi connectivity index (χ0v) is 10.3. The van der Waals surface area contributed by atoms with Gasteiger partial charge >= 0.3 is 0 Å². The number of hydrogen-bond donors (Lipinski definition) is 1. The average Bonchev–Trinajstić information content (AvgIpc) is 2.35. The van der Waals surface area contributed by atoms with Crippen molar-refractivity contribution < 1.29 is 14.3 Å². The van der Waals surface area contributed by atoms with Gasteiger partial charge in [-0.2, -0.15) is 0 Å². The van der Waals surface area contributed by atoms with E-state index in [1.54, 1.807) is 25.2 Å². The van der Waals surface area contributed by atoms with Crippen molar-refractivity contribution in [2.24, 2.45) is 0 Å². The van der Waals surface area contributed by atoms with E-state index in [0.717, 1.165) is 0 Å². The molecule has 96 valence electrons. The number of piperazine rings is 1. The van der Waals surface area contributed by atoms with Gasteiger partial charge in [0.2, 0.25) is 11.8 Å². The molecule has 0 aromatic heterocycles. The van der Waals surface area contributed by atoms with Crippen LogP contribution in [0.4, 0.5) is 11.4 Å². The molecule has 0 bridgehead atoms. The third-order valence-electron chi connectivity index (χ3n) is 2.92. The van der Waals surface area contributed by atoms with E-state index in [-0.39, 0.29) is 24.9 Å². The van der Waals surface area contributed by atoms with Crippen LogP contribution in [-0.4, -0.2) is 44.0 Å². The van der Waals surface area contributed by atoms with Gasteiger partial charge in [-0.15, -0.1) is 0 Å². The van der Waals surface area contributed by atoms with Crippen LogP contribution in [0.2, 0.25) is 0 Å². The largest absolute Gasteiger partial charge is 0.495 e. The molecule has 0 radical (unpaired) electrons. The lowest BCUT2D eigenvalue weighted by Crippen LogP contribution is -2.52. The minimum atomic E-state index is -0.121. The van der Waals surface area contributed by atoms with Crippen molar-refractivity contribution in [2.45, 2.75) is 0 Å². The molecule has 6 nitrogen and oxygen atoms in total.